The van der Waals surface area contributed by atoms with E-state index in [2.05, 4.69) is 25.9 Å². The number of hydrogen-bond donors (Lipinski definition) is 2. The fraction of sp³-hybridized carbons (Fsp3) is 0.231. The number of nitrogens with one attached hydrogen (secondary N) is 1. The van der Waals surface area contributed by atoms with E-state index in [-0.39, 0.29) is 11.4 Å². The van der Waals surface area contributed by atoms with Crippen molar-refractivity contribution in [2.24, 2.45) is 0 Å². The highest BCUT2D eigenvalue weighted by molar-refractivity contribution is 9.10. The summed E-state index contributed by atoms with van der Waals surface area (Å²) in [6.45, 7) is 1.73. The highest BCUT2D eigenvalue weighted by atomic mass is 79.9. The van der Waals surface area contributed by atoms with E-state index in [0.717, 1.165) is 4.47 Å². The number of aromatic amines is 1. The first-order valence-corrected chi connectivity index (χ1v) is 6.44. The second-order valence-electron chi connectivity index (χ2n) is 4.04. The van der Waals surface area contributed by atoms with Gasteiger partial charge in [0.25, 0.3) is 5.56 Å². The van der Waals surface area contributed by atoms with Crippen molar-refractivity contribution >= 4 is 15.9 Å². The Morgan fingerprint density at radius 2 is 2.21 bits per heavy atom. The number of H-pyrrole nitrogens is 1. The first-order chi connectivity index (χ1) is 9.02. The second kappa shape index (κ2) is 5.54. The molecular weight excluding hydrogens is 312 g/mol. The predicted molar refractivity (Wildman–Crippen MR) is 75.1 cm³/mol. The number of hydrogen-bond acceptors (Lipinski definition) is 4. The van der Waals surface area contributed by atoms with Crippen LogP contribution in [0.2, 0.25) is 0 Å². The van der Waals surface area contributed by atoms with Crippen LogP contribution in [0.3, 0.4) is 0 Å². The minimum atomic E-state index is -0.399. The van der Waals surface area contributed by atoms with E-state index in [1.54, 1.807) is 25.1 Å². The van der Waals surface area contributed by atoms with Crippen LogP contribution in [0.4, 0.5) is 0 Å². The number of methoxy groups -OCH3 is 1. The van der Waals surface area contributed by atoms with Crippen LogP contribution in [-0.2, 0) is 4.74 Å². The van der Waals surface area contributed by atoms with E-state index in [1.165, 1.54) is 7.11 Å². The molecule has 0 amide bonds. The number of halogens is 1. The Hall–Kier alpha value is -1.66. The Morgan fingerprint density at radius 1 is 1.47 bits per heavy atom. The smallest absolute Gasteiger partial charge is 0.262 e. The molecule has 0 bridgehead atoms. The summed E-state index contributed by atoms with van der Waals surface area (Å²) in [7, 11) is 1.50. The molecule has 0 aliphatic rings. The third-order valence-electron chi connectivity index (χ3n) is 2.77. The molecule has 1 aromatic heterocycles. The third-order valence-corrected chi connectivity index (χ3v) is 3.26. The number of rotatable bonds is 3. The largest absolute Gasteiger partial charge is 0.493 e. The van der Waals surface area contributed by atoms with E-state index in [9.17, 15) is 9.90 Å². The van der Waals surface area contributed by atoms with Gasteiger partial charge in [0, 0.05) is 11.6 Å². The molecule has 1 heterocycles. The van der Waals surface area contributed by atoms with Crippen LogP contribution in [0.5, 0.6) is 5.88 Å². The maximum Gasteiger partial charge on any atom is 0.262 e. The van der Waals surface area contributed by atoms with Crippen molar-refractivity contribution < 1.29 is 9.84 Å². The molecular formula is C13H13BrN2O3. The summed E-state index contributed by atoms with van der Waals surface area (Å²) in [4.78, 5) is 18.7. The van der Waals surface area contributed by atoms with Gasteiger partial charge in [-0.05, 0) is 24.6 Å². The summed E-state index contributed by atoms with van der Waals surface area (Å²) >= 11 is 3.32. The summed E-state index contributed by atoms with van der Waals surface area (Å²) < 4.78 is 5.88. The zero-order valence-electron chi connectivity index (χ0n) is 10.5. The maximum atomic E-state index is 12.1. The fourth-order valence-electron chi connectivity index (χ4n) is 1.69. The molecule has 19 heavy (non-hydrogen) atoms. The van der Waals surface area contributed by atoms with Gasteiger partial charge < -0.3 is 14.8 Å². The second-order valence-corrected chi connectivity index (χ2v) is 4.95. The van der Waals surface area contributed by atoms with E-state index in [1.807, 2.05) is 6.07 Å². The van der Waals surface area contributed by atoms with Gasteiger partial charge >= 0.3 is 0 Å². The van der Waals surface area contributed by atoms with Gasteiger partial charge in [0.1, 0.15) is 17.5 Å². The minimum absolute atomic E-state index is 0.147. The van der Waals surface area contributed by atoms with Crippen LogP contribution >= 0.6 is 15.9 Å². The topological polar surface area (TPSA) is 75.2 Å². The van der Waals surface area contributed by atoms with Crippen LogP contribution in [0.1, 0.15) is 18.9 Å². The lowest BCUT2D eigenvalue weighted by atomic mass is 10.1. The molecule has 100 valence electrons. The van der Waals surface area contributed by atoms with E-state index in [0.29, 0.717) is 11.4 Å². The van der Waals surface area contributed by atoms with Crippen molar-refractivity contribution in [2.75, 3.05) is 7.11 Å². The molecule has 1 unspecified atom stereocenters. The molecule has 2 aromatic rings. The number of nitrogens with zero attached hydrogens (tertiary/aromatic N) is 1. The average Bonchev–Trinajstić information content (AvgIpc) is 2.37. The zero-order chi connectivity index (χ0) is 14.0. The van der Waals surface area contributed by atoms with Gasteiger partial charge in [-0.2, -0.15) is 4.98 Å². The van der Waals surface area contributed by atoms with E-state index < -0.39 is 11.7 Å². The molecule has 0 spiro atoms. The Bertz CT molecular complexity index is 655. The first kappa shape index (κ1) is 13.8. The molecule has 0 saturated heterocycles. The summed E-state index contributed by atoms with van der Waals surface area (Å²) in [5.74, 6) is -0.00973. The normalized spacial score (nSPS) is 12.4. The van der Waals surface area contributed by atoms with Gasteiger partial charge in [0.2, 0.25) is 5.88 Å². The van der Waals surface area contributed by atoms with Crippen LogP contribution in [0.15, 0.2) is 33.5 Å². The number of ether oxygens (including phenoxy) is 1. The number of aromatic hydroxyl groups is 1. The molecule has 0 fully saturated rings. The molecule has 5 nitrogen and oxygen atoms in total. The first-order valence-electron chi connectivity index (χ1n) is 5.65. The monoisotopic (exact) mass is 324 g/mol. The molecule has 0 aliphatic carbocycles. The molecule has 6 heteroatoms. The van der Waals surface area contributed by atoms with E-state index >= 15 is 0 Å². The van der Waals surface area contributed by atoms with Gasteiger partial charge in [0.05, 0.1) is 0 Å². The molecule has 0 saturated carbocycles. The fourth-order valence-corrected chi connectivity index (χ4v) is 2.09. The quantitative estimate of drug-likeness (QED) is 0.910. The molecule has 1 atom stereocenters. The van der Waals surface area contributed by atoms with Crippen LogP contribution < -0.4 is 5.56 Å². The SMILES string of the molecule is COC(C)c1nc(O)c(-c2cccc(Br)c2)c(=O)[nH]1. The van der Waals surface area contributed by atoms with Gasteiger partial charge in [-0.1, -0.05) is 28.1 Å². The van der Waals surface area contributed by atoms with Crippen molar-refractivity contribution in [1.29, 1.82) is 0 Å². The summed E-state index contributed by atoms with van der Waals surface area (Å²) in [6.07, 6.45) is -0.393. The average molecular weight is 325 g/mol. The van der Waals surface area contributed by atoms with Crippen molar-refractivity contribution in [1.82, 2.24) is 9.97 Å². The Morgan fingerprint density at radius 3 is 2.79 bits per heavy atom. The van der Waals surface area contributed by atoms with Gasteiger partial charge in [-0.3, -0.25) is 4.79 Å². The molecule has 0 radical (unpaired) electrons. The van der Waals surface area contributed by atoms with Crippen molar-refractivity contribution in [2.45, 2.75) is 13.0 Å². The zero-order valence-corrected chi connectivity index (χ0v) is 12.1. The third kappa shape index (κ3) is 2.85. The van der Waals surface area contributed by atoms with Crippen LogP contribution in [0, 0.1) is 0 Å². The van der Waals surface area contributed by atoms with Crippen molar-refractivity contribution in [3.05, 3.63) is 44.9 Å². The Labute approximate surface area is 118 Å². The molecule has 1 aromatic carbocycles. The molecule has 0 aliphatic heterocycles. The van der Waals surface area contributed by atoms with Gasteiger partial charge in [-0.25, -0.2) is 0 Å². The summed E-state index contributed by atoms with van der Waals surface area (Å²) in [5.41, 5.74) is 0.343. The lowest BCUT2D eigenvalue weighted by Gasteiger charge is -2.10. The van der Waals surface area contributed by atoms with Crippen LogP contribution in [-0.4, -0.2) is 22.2 Å². The number of benzene rings is 1. The maximum absolute atomic E-state index is 12.1. The standard InChI is InChI=1S/C13H13BrN2O3/c1-7(19-2)11-15-12(17)10(13(18)16-11)8-4-3-5-9(14)6-8/h3-7H,1-2H3,(H2,15,16,17,18). The van der Waals surface area contributed by atoms with Crippen molar-refractivity contribution in [3.8, 4) is 17.0 Å². The summed E-state index contributed by atoms with van der Waals surface area (Å²) in [6, 6.07) is 7.09. The van der Waals surface area contributed by atoms with Gasteiger partial charge in [-0.15, -0.1) is 0 Å². The number of aromatic nitrogens is 2. The highest BCUT2D eigenvalue weighted by Gasteiger charge is 2.16. The molecule has 2 N–H and O–H groups in total. The Balaban J connectivity index is 2.57. The predicted octanol–water partition coefficient (Wildman–Crippen LogP) is 2.61. The molecule has 2 rings (SSSR count). The highest BCUT2D eigenvalue weighted by Crippen LogP contribution is 2.26. The van der Waals surface area contributed by atoms with Gasteiger partial charge in [0.15, 0.2) is 0 Å². The Kier molecular flexibility index (Phi) is 4.01. The summed E-state index contributed by atoms with van der Waals surface area (Å²) in [5, 5.41) is 9.96. The van der Waals surface area contributed by atoms with Crippen molar-refractivity contribution in [3.63, 3.8) is 0 Å². The van der Waals surface area contributed by atoms with Crippen LogP contribution in [0.25, 0.3) is 11.1 Å². The lowest BCUT2D eigenvalue weighted by Crippen LogP contribution is -2.16. The minimum Gasteiger partial charge on any atom is -0.493 e. The van der Waals surface area contributed by atoms with E-state index in [4.69, 9.17) is 4.74 Å². The lowest BCUT2D eigenvalue weighted by molar-refractivity contribution is 0.111.